The number of amides is 1. The predicted octanol–water partition coefficient (Wildman–Crippen LogP) is 3.90. The standard InChI is InChI=1S/C18H21Cl2N3O2/c1-12(25-17-4-3-14(19)11-15(17)20)18(24)23-9-5-13(6-10-23)16-7-8-22(2)21-16/h3-4,7-8,11-13H,5-6,9-10H2,1-2H3. The van der Waals surface area contributed by atoms with E-state index >= 15 is 0 Å². The van der Waals surface area contributed by atoms with Crippen molar-refractivity contribution in [1.82, 2.24) is 14.7 Å². The van der Waals surface area contributed by atoms with Crippen LogP contribution in [-0.2, 0) is 11.8 Å². The van der Waals surface area contributed by atoms with Crippen LogP contribution in [0.1, 0.15) is 31.4 Å². The van der Waals surface area contributed by atoms with Gasteiger partial charge in [0, 0.05) is 37.3 Å². The molecule has 0 radical (unpaired) electrons. The molecular weight excluding hydrogens is 361 g/mol. The Morgan fingerprint density at radius 2 is 2.00 bits per heavy atom. The van der Waals surface area contributed by atoms with Crippen LogP contribution in [0.5, 0.6) is 5.75 Å². The topological polar surface area (TPSA) is 47.4 Å². The summed E-state index contributed by atoms with van der Waals surface area (Å²) in [5.41, 5.74) is 1.10. The second-order valence-electron chi connectivity index (χ2n) is 6.35. The number of rotatable bonds is 4. The number of carbonyl (C=O) groups excluding carboxylic acids is 1. The number of hydrogen-bond donors (Lipinski definition) is 0. The lowest BCUT2D eigenvalue weighted by molar-refractivity contribution is -0.139. The molecule has 1 aliphatic rings. The van der Waals surface area contributed by atoms with Gasteiger partial charge in [0.25, 0.3) is 5.91 Å². The van der Waals surface area contributed by atoms with Gasteiger partial charge in [-0.05, 0) is 44.0 Å². The minimum atomic E-state index is -0.593. The van der Waals surface area contributed by atoms with Gasteiger partial charge in [-0.3, -0.25) is 9.48 Å². The lowest BCUT2D eigenvalue weighted by Crippen LogP contribution is -2.44. The summed E-state index contributed by atoms with van der Waals surface area (Å²) in [6.07, 6.45) is 3.19. The molecule has 134 valence electrons. The van der Waals surface area contributed by atoms with Gasteiger partial charge < -0.3 is 9.64 Å². The largest absolute Gasteiger partial charge is 0.479 e. The third kappa shape index (κ3) is 4.28. The highest BCUT2D eigenvalue weighted by atomic mass is 35.5. The number of carbonyl (C=O) groups is 1. The number of ether oxygens (including phenoxy) is 1. The van der Waals surface area contributed by atoms with E-state index in [0.717, 1.165) is 18.5 Å². The second-order valence-corrected chi connectivity index (χ2v) is 7.19. The first kappa shape index (κ1) is 18.1. The smallest absolute Gasteiger partial charge is 0.263 e. The highest BCUT2D eigenvalue weighted by molar-refractivity contribution is 6.35. The van der Waals surface area contributed by atoms with E-state index in [-0.39, 0.29) is 5.91 Å². The van der Waals surface area contributed by atoms with Crippen LogP contribution in [0.3, 0.4) is 0 Å². The molecule has 0 bridgehead atoms. The minimum absolute atomic E-state index is 0.0227. The molecule has 2 heterocycles. The molecule has 1 atom stereocenters. The summed E-state index contributed by atoms with van der Waals surface area (Å²) in [6.45, 7) is 3.17. The van der Waals surface area contributed by atoms with Gasteiger partial charge >= 0.3 is 0 Å². The fraction of sp³-hybridized carbons (Fsp3) is 0.444. The van der Waals surface area contributed by atoms with Crippen LogP contribution in [0.15, 0.2) is 30.5 Å². The number of benzene rings is 1. The van der Waals surface area contributed by atoms with Crippen molar-refractivity contribution < 1.29 is 9.53 Å². The third-order valence-electron chi connectivity index (χ3n) is 4.50. The zero-order valence-electron chi connectivity index (χ0n) is 14.3. The number of nitrogens with zero attached hydrogens (tertiary/aromatic N) is 3. The molecule has 1 saturated heterocycles. The van der Waals surface area contributed by atoms with Gasteiger partial charge in [-0.2, -0.15) is 5.10 Å². The lowest BCUT2D eigenvalue weighted by Gasteiger charge is -2.33. The monoisotopic (exact) mass is 381 g/mol. The van der Waals surface area contributed by atoms with Crippen molar-refractivity contribution in [3.8, 4) is 5.75 Å². The van der Waals surface area contributed by atoms with Crippen LogP contribution in [0.25, 0.3) is 0 Å². The molecule has 1 unspecified atom stereocenters. The van der Waals surface area contributed by atoms with Gasteiger partial charge in [-0.25, -0.2) is 0 Å². The van der Waals surface area contributed by atoms with Crippen molar-refractivity contribution in [2.45, 2.75) is 31.8 Å². The Kier molecular flexibility index (Phi) is 5.54. The van der Waals surface area contributed by atoms with Crippen molar-refractivity contribution in [3.63, 3.8) is 0 Å². The normalized spacial score (nSPS) is 16.7. The maximum atomic E-state index is 12.6. The van der Waals surface area contributed by atoms with Gasteiger partial charge in [0.1, 0.15) is 5.75 Å². The zero-order chi connectivity index (χ0) is 18.0. The molecule has 5 nitrogen and oxygen atoms in total. The third-order valence-corrected chi connectivity index (χ3v) is 5.04. The maximum Gasteiger partial charge on any atom is 0.263 e. The summed E-state index contributed by atoms with van der Waals surface area (Å²) < 4.78 is 7.55. The van der Waals surface area contributed by atoms with Crippen LogP contribution in [0, 0.1) is 0 Å². The Labute approximate surface area is 157 Å². The van der Waals surface area contributed by atoms with E-state index in [0.29, 0.717) is 34.8 Å². The van der Waals surface area contributed by atoms with Crippen LogP contribution in [-0.4, -0.2) is 39.8 Å². The number of aromatic nitrogens is 2. The number of aryl methyl sites for hydroxylation is 1. The Bertz CT molecular complexity index is 755. The molecule has 2 aromatic rings. The number of halogens is 2. The molecular formula is C18H21Cl2N3O2. The molecule has 3 rings (SSSR count). The summed E-state index contributed by atoms with van der Waals surface area (Å²) in [5, 5.41) is 5.41. The van der Waals surface area contributed by atoms with Crippen molar-refractivity contribution in [1.29, 1.82) is 0 Å². The van der Waals surface area contributed by atoms with Gasteiger partial charge in [-0.15, -0.1) is 0 Å². The molecule has 1 aromatic heterocycles. The first-order valence-electron chi connectivity index (χ1n) is 8.34. The van der Waals surface area contributed by atoms with Crippen LogP contribution in [0.4, 0.5) is 0 Å². The highest BCUT2D eigenvalue weighted by Crippen LogP contribution is 2.30. The first-order chi connectivity index (χ1) is 11.9. The first-order valence-corrected chi connectivity index (χ1v) is 9.09. The summed E-state index contributed by atoms with van der Waals surface area (Å²) >= 11 is 12.0. The molecule has 1 aromatic carbocycles. The van der Waals surface area contributed by atoms with E-state index in [2.05, 4.69) is 11.2 Å². The van der Waals surface area contributed by atoms with Crippen LogP contribution in [0.2, 0.25) is 10.0 Å². The molecule has 0 saturated carbocycles. The molecule has 1 amide bonds. The average Bonchev–Trinajstić information content (AvgIpc) is 3.03. The van der Waals surface area contributed by atoms with Gasteiger partial charge in [0.05, 0.1) is 10.7 Å². The summed E-state index contributed by atoms with van der Waals surface area (Å²) in [7, 11) is 1.92. The molecule has 0 aliphatic carbocycles. The van der Waals surface area contributed by atoms with E-state index < -0.39 is 6.10 Å². The summed E-state index contributed by atoms with van der Waals surface area (Å²) in [6, 6.07) is 7.03. The fourth-order valence-electron chi connectivity index (χ4n) is 3.12. The molecule has 1 aliphatic heterocycles. The van der Waals surface area contributed by atoms with Crippen molar-refractivity contribution >= 4 is 29.1 Å². The SMILES string of the molecule is CC(Oc1ccc(Cl)cc1Cl)C(=O)N1CCC(c2ccn(C)n2)CC1. The fourth-order valence-corrected chi connectivity index (χ4v) is 3.57. The van der Waals surface area contributed by atoms with Crippen LogP contribution >= 0.6 is 23.2 Å². The second kappa shape index (κ2) is 7.67. The molecule has 7 heteroatoms. The van der Waals surface area contributed by atoms with Crippen molar-refractivity contribution in [2.75, 3.05) is 13.1 Å². The van der Waals surface area contributed by atoms with E-state index in [1.54, 1.807) is 25.1 Å². The summed E-state index contributed by atoms with van der Waals surface area (Å²) in [4.78, 5) is 14.5. The Morgan fingerprint density at radius 3 is 2.60 bits per heavy atom. The number of likely N-dealkylation sites (tertiary alicyclic amines) is 1. The van der Waals surface area contributed by atoms with Gasteiger partial charge in [-0.1, -0.05) is 23.2 Å². The lowest BCUT2D eigenvalue weighted by atomic mass is 9.93. The van der Waals surface area contributed by atoms with E-state index in [9.17, 15) is 4.79 Å². The quantitative estimate of drug-likeness (QED) is 0.806. The number of piperidine rings is 1. The van der Waals surface area contributed by atoms with Crippen molar-refractivity contribution in [3.05, 3.63) is 46.2 Å². The predicted molar refractivity (Wildman–Crippen MR) is 98.3 cm³/mol. The van der Waals surface area contributed by atoms with Gasteiger partial charge in [0.2, 0.25) is 0 Å². The van der Waals surface area contributed by atoms with Crippen LogP contribution < -0.4 is 4.74 Å². The zero-order valence-corrected chi connectivity index (χ0v) is 15.8. The average molecular weight is 382 g/mol. The van der Waals surface area contributed by atoms with E-state index in [4.69, 9.17) is 27.9 Å². The Hall–Kier alpha value is -1.72. The maximum absolute atomic E-state index is 12.6. The number of hydrogen-bond acceptors (Lipinski definition) is 3. The summed E-state index contributed by atoms with van der Waals surface area (Å²) in [5.74, 6) is 0.855. The highest BCUT2D eigenvalue weighted by Gasteiger charge is 2.28. The minimum Gasteiger partial charge on any atom is -0.479 e. The van der Waals surface area contributed by atoms with E-state index in [1.807, 2.05) is 22.8 Å². The molecule has 0 spiro atoms. The van der Waals surface area contributed by atoms with Crippen molar-refractivity contribution in [2.24, 2.45) is 7.05 Å². The Balaban J connectivity index is 1.56. The Morgan fingerprint density at radius 1 is 1.28 bits per heavy atom. The molecule has 0 N–H and O–H groups in total. The molecule has 1 fully saturated rings. The van der Waals surface area contributed by atoms with E-state index in [1.165, 1.54) is 0 Å². The molecule has 25 heavy (non-hydrogen) atoms. The van der Waals surface area contributed by atoms with Gasteiger partial charge in [0.15, 0.2) is 6.10 Å².